The van der Waals surface area contributed by atoms with E-state index in [1.165, 1.54) is 22.3 Å². The zero-order chi connectivity index (χ0) is 23.9. The Hall–Kier alpha value is -1.86. The fourth-order valence-electron chi connectivity index (χ4n) is 3.10. The Morgan fingerprint density at radius 1 is 0.303 bits per heavy atom. The van der Waals surface area contributed by atoms with Crippen LogP contribution in [0.3, 0.4) is 0 Å². The summed E-state index contributed by atoms with van der Waals surface area (Å²) in [5.74, 6) is 2.74. The molecule has 4 aromatic carbocycles. The Morgan fingerprint density at radius 2 is 0.424 bits per heavy atom. The molecule has 33 heavy (non-hydrogen) atoms. The van der Waals surface area contributed by atoms with E-state index in [-0.39, 0.29) is 22.4 Å². The predicted molar refractivity (Wildman–Crippen MR) is 144 cm³/mol. The molecule has 181 valence electrons. The molecule has 0 N–H and O–H groups in total. The maximum Gasteiger partial charge on any atom is 0 e. The molecule has 0 spiro atoms. The van der Waals surface area contributed by atoms with Crippen LogP contribution in [0.1, 0.15) is 101 Å². The maximum atomic E-state index is 2.20. The summed E-state index contributed by atoms with van der Waals surface area (Å²) in [6, 6.07) is 33.9. The summed E-state index contributed by atoms with van der Waals surface area (Å²) in [6.45, 7) is 17.6. The molecule has 0 aliphatic rings. The molecule has 0 aliphatic heterocycles. The second-order valence-electron chi connectivity index (χ2n) is 9.49. The number of hydrogen-bond donors (Lipinski definition) is 0. The standard InChI is InChI=1S/4C8H11.Nb/c4*1-7(2)8-5-3-4-6-8;/h4*3-7H,1-2H3;/q4*-1;. The van der Waals surface area contributed by atoms with Crippen LogP contribution in [0.15, 0.2) is 97.1 Å². The van der Waals surface area contributed by atoms with Crippen molar-refractivity contribution in [2.24, 2.45) is 0 Å². The molecule has 4 rings (SSSR count). The van der Waals surface area contributed by atoms with Gasteiger partial charge in [-0.25, -0.2) is 48.5 Å². The molecule has 0 aromatic heterocycles. The van der Waals surface area contributed by atoms with Gasteiger partial charge in [0.05, 0.1) is 0 Å². The quantitative estimate of drug-likeness (QED) is 0.185. The van der Waals surface area contributed by atoms with Crippen molar-refractivity contribution in [1.29, 1.82) is 0 Å². The van der Waals surface area contributed by atoms with Gasteiger partial charge in [-0.05, 0) is 0 Å². The average molecular weight is 522 g/mol. The van der Waals surface area contributed by atoms with Crippen LogP contribution in [-0.4, -0.2) is 0 Å². The van der Waals surface area contributed by atoms with Gasteiger partial charge in [0.1, 0.15) is 0 Å². The van der Waals surface area contributed by atoms with Gasteiger partial charge in [-0.15, -0.1) is 0 Å². The minimum Gasteiger partial charge on any atom is -0.213 e. The van der Waals surface area contributed by atoms with E-state index in [0.29, 0.717) is 23.7 Å². The van der Waals surface area contributed by atoms with Crippen LogP contribution in [0.5, 0.6) is 0 Å². The smallest absolute Gasteiger partial charge is 0 e. The van der Waals surface area contributed by atoms with Crippen molar-refractivity contribution < 1.29 is 22.4 Å². The van der Waals surface area contributed by atoms with E-state index in [4.69, 9.17) is 0 Å². The summed E-state index contributed by atoms with van der Waals surface area (Å²) in [4.78, 5) is 0. The monoisotopic (exact) mass is 521 g/mol. The molecular weight excluding hydrogens is 477 g/mol. The summed E-state index contributed by atoms with van der Waals surface area (Å²) in [5.41, 5.74) is 5.74. The molecule has 0 heterocycles. The van der Waals surface area contributed by atoms with Gasteiger partial charge in [-0.2, -0.15) is 70.8 Å². The molecule has 1 heteroatoms. The van der Waals surface area contributed by atoms with Crippen molar-refractivity contribution >= 4 is 0 Å². The Bertz CT molecular complexity index is 700. The summed E-state index contributed by atoms with van der Waals surface area (Å²) in [7, 11) is 0. The molecule has 0 nitrogen and oxygen atoms in total. The Morgan fingerprint density at radius 3 is 0.485 bits per heavy atom. The first-order valence-electron chi connectivity index (χ1n) is 12.1. The molecule has 0 saturated heterocycles. The van der Waals surface area contributed by atoms with Crippen LogP contribution in [0.25, 0.3) is 0 Å². The second kappa shape index (κ2) is 17.6. The zero-order valence-electron chi connectivity index (χ0n) is 22.0. The van der Waals surface area contributed by atoms with Crippen LogP contribution < -0.4 is 0 Å². The van der Waals surface area contributed by atoms with E-state index in [1.807, 2.05) is 0 Å². The Labute approximate surface area is 220 Å². The third-order valence-corrected chi connectivity index (χ3v) is 5.42. The molecule has 0 saturated carbocycles. The molecule has 0 amide bonds. The Kier molecular flexibility index (Phi) is 16.6. The average Bonchev–Trinajstić information content (AvgIpc) is 3.56. The van der Waals surface area contributed by atoms with E-state index in [1.54, 1.807) is 0 Å². The van der Waals surface area contributed by atoms with Crippen molar-refractivity contribution in [2.45, 2.75) is 79.1 Å². The van der Waals surface area contributed by atoms with Crippen molar-refractivity contribution in [3.63, 3.8) is 0 Å². The van der Waals surface area contributed by atoms with Crippen molar-refractivity contribution in [2.75, 3.05) is 0 Å². The third-order valence-electron chi connectivity index (χ3n) is 5.42. The second-order valence-corrected chi connectivity index (χ2v) is 9.49. The maximum absolute atomic E-state index is 2.20. The first-order valence-corrected chi connectivity index (χ1v) is 12.1. The van der Waals surface area contributed by atoms with Gasteiger partial charge in [0.25, 0.3) is 0 Å². The SMILES string of the molecule is CC(C)[c-]1cccc1.CC(C)[c-]1cccc1.CC(C)[c-]1cccc1.CC(C)[c-]1cccc1.[Nb]. The predicted octanol–water partition coefficient (Wildman–Crippen LogP) is 10.1. The van der Waals surface area contributed by atoms with Crippen LogP contribution >= 0.6 is 0 Å². The van der Waals surface area contributed by atoms with Crippen molar-refractivity contribution in [3.8, 4) is 0 Å². The van der Waals surface area contributed by atoms with Gasteiger partial charge in [0, 0.05) is 22.4 Å². The van der Waals surface area contributed by atoms with Gasteiger partial charge in [0.15, 0.2) is 0 Å². The van der Waals surface area contributed by atoms with Gasteiger partial charge < -0.3 is 0 Å². The molecule has 0 bridgehead atoms. The van der Waals surface area contributed by atoms with Gasteiger partial charge in [-0.3, -0.25) is 0 Å². The van der Waals surface area contributed by atoms with Crippen LogP contribution in [0.2, 0.25) is 0 Å². The summed E-state index contributed by atoms with van der Waals surface area (Å²) >= 11 is 0. The van der Waals surface area contributed by atoms with Gasteiger partial charge in [-0.1, -0.05) is 79.1 Å². The number of rotatable bonds is 4. The largest absolute Gasteiger partial charge is 0.213 e. The molecule has 0 aliphatic carbocycles. The van der Waals surface area contributed by atoms with E-state index in [9.17, 15) is 0 Å². The summed E-state index contributed by atoms with van der Waals surface area (Å²) in [6.07, 6.45) is 0. The van der Waals surface area contributed by atoms with Gasteiger partial charge >= 0.3 is 0 Å². The molecule has 4 aromatic rings. The molecule has 0 unspecified atom stereocenters. The summed E-state index contributed by atoms with van der Waals surface area (Å²) < 4.78 is 0. The normalized spacial score (nSPS) is 10.1. The third kappa shape index (κ3) is 13.4. The summed E-state index contributed by atoms with van der Waals surface area (Å²) in [5, 5.41) is 0. The molecule has 0 fully saturated rings. The van der Waals surface area contributed by atoms with Crippen LogP contribution in [0.4, 0.5) is 0 Å². The van der Waals surface area contributed by atoms with Crippen LogP contribution in [-0.2, 0) is 22.4 Å². The molecule has 0 atom stereocenters. The zero-order valence-corrected chi connectivity index (χ0v) is 24.2. The van der Waals surface area contributed by atoms with Crippen LogP contribution in [0, 0.1) is 0 Å². The van der Waals surface area contributed by atoms with E-state index >= 15 is 0 Å². The molecule has 1 radical (unpaired) electrons. The first kappa shape index (κ1) is 31.1. The number of hydrogen-bond acceptors (Lipinski definition) is 0. The van der Waals surface area contributed by atoms with Crippen molar-refractivity contribution in [1.82, 2.24) is 0 Å². The topological polar surface area (TPSA) is 0 Å². The van der Waals surface area contributed by atoms with E-state index in [2.05, 4.69) is 152 Å². The fraction of sp³-hybridized carbons (Fsp3) is 0.375. The molecular formula is C32H44Nb-4. The Balaban J connectivity index is 0.000000410. The minimum atomic E-state index is 0. The first-order chi connectivity index (χ1) is 15.2. The minimum absolute atomic E-state index is 0. The van der Waals surface area contributed by atoms with Gasteiger partial charge in [0.2, 0.25) is 0 Å². The van der Waals surface area contributed by atoms with E-state index in [0.717, 1.165) is 0 Å². The fourth-order valence-corrected chi connectivity index (χ4v) is 3.10. The van der Waals surface area contributed by atoms with Crippen molar-refractivity contribution in [3.05, 3.63) is 119 Å². The van der Waals surface area contributed by atoms with E-state index < -0.39 is 0 Å².